The first kappa shape index (κ1) is 36.8. The molecule has 1 heterocycles. The van der Waals surface area contributed by atoms with Gasteiger partial charge in [-0.05, 0) is 47.6 Å². The first-order valence-electron chi connectivity index (χ1n) is 15.8. The Balaban J connectivity index is 0.00000265. The Bertz CT molecular complexity index is 1700. The summed E-state index contributed by atoms with van der Waals surface area (Å²) < 4.78 is 17.1. The topological polar surface area (TPSA) is 190 Å². The van der Waals surface area contributed by atoms with Crippen LogP contribution in [-0.2, 0) is 42.9 Å². The average molecular weight is 676 g/mol. The van der Waals surface area contributed by atoms with Crippen LogP contribution in [0.4, 0.5) is 10.6 Å². The monoisotopic (exact) mass is 675 g/mol. The van der Waals surface area contributed by atoms with E-state index in [1.807, 2.05) is 80.6 Å². The lowest BCUT2D eigenvalue weighted by molar-refractivity contribution is -0.269. The molecule has 0 saturated heterocycles. The van der Waals surface area contributed by atoms with Crippen LogP contribution in [0, 0.1) is 0 Å². The lowest BCUT2D eigenvalue weighted by Crippen LogP contribution is -2.45. The summed E-state index contributed by atoms with van der Waals surface area (Å²) in [6.45, 7) is 5.28. The number of nitrogens with zero attached hydrogens (tertiary/aromatic N) is 2. The van der Waals surface area contributed by atoms with Gasteiger partial charge in [-0.3, -0.25) is 14.8 Å². The van der Waals surface area contributed by atoms with Crippen molar-refractivity contribution in [1.29, 1.82) is 0 Å². The molecule has 3 unspecified atom stereocenters. The number of hydrogen-bond donors (Lipinski definition) is 5. The van der Waals surface area contributed by atoms with Crippen molar-refractivity contribution in [3.05, 3.63) is 96.2 Å². The zero-order valence-electron chi connectivity index (χ0n) is 27.6. The Labute approximate surface area is 283 Å². The highest BCUT2D eigenvalue weighted by Crippen LogP contribution is 2.50. The van der Waals surface area contributed by atoms with Gasteiger partial charge in [0, 0.05) is 12.6 Å². The molecule has 49 heavy (non-hydrogen) atoms. The third-order valence-electron chi connectivity index (χ3n) is 7.91. The van der Waals surface area contributed by atoms with Gasteiger partial charge in [0.15, 0.2) is 6.10 Å². The van der Waals surface area contributed by atoms with Gasteiger partial charge in [0.05, 0.1) is 17.7 Å². The number of esters is 1. The van der Waals surface area contributed by atoms with Crippen LogP contribution in [0.15, 0.2) is 85.1 Å². The van der Waals surface area contributed by atoms with Crippen LogP contribution in [0.2, 0.25) is 0 Å². The summed E-state index contributed by atoms with van der Waals surface area (Å²) in [6, 6.07) is 24.3. The van der Waals surface area contributed by atoms with E-state index >= 15 is 0 Å². The molecule has 1 saturated carbocycles. The van der Waals surface area contributed by atoms with Gasteiger partial charge in [0.1, 0.15) is 12.4 Å². The van der Waals surface area contributed by atoms with Gasteiger partial charge in [0.2, 0.25) is 6.29 Å². The fourth-order valence-corrected chi connectivity index (χ4v) is 5.11. The molecule has 3 atom stereocenters. The molecule has 1 aliphatic rings. The maximum absolute atomic E-state index is 13.1. The van der Waals surface area contributed by atoms with E-state index in [1.165, 1.54) is 0 Å². The van der Waals surface area contributed by atoms with Crippen LogP contribution in [0.3, 0.4) is 0 Å². The van der Waals surface area contributed by atoms with E-state index in [9.17, 15) is 34.8 Å². The number of rotatable bonds is 13. The van der Waals surface area contributed by atoms with E-state index in [-0.39, 0.29) is 6.61 Å². The molecule has 1 amide bonds. The standard InChI is InChI=1S/C34H35N3O10.C2H6/c1-20(38)27(29(39)40)46-31(30(41)42)47-32(43)34(16-17-34)25-14-12-23(13-15-25)22-8-10-24(11-9-22)26-18-35-37(2)28(26)36-33(44)45-19-21-6-4-3-5-7-21;1-2/h3-15,18,20,27,30-31,38,41-42H,16-17,19H2,1-2H3,(H,36,44)(H,39,40);1-2H3. The number of aryl methyl sites for hydroxylation is 1. The van der Waals surface area contributed by atoms with Gasteiger partial charge in [-0.2, -0.15) is 5.10 Å². The number of carboxylic acid groups (broad SMARTS) is 1. The molecule has 5 N–H and O–H groups in total. The van der Waals surface area contributed by atoms with Crippen LogP contribution >= 0.6 is 0 Å². The third-order valence-corrected chi connectivity index (χ3v) is 7.91. The van der Waals surface area contributed by atoms with Gasteiger partial charge >= 0.3 is 18.0 Å². The Morgan fingerprint density at radius 1 is 0.898 bits per heavy atom. The fourth-order valence-electron chi connectivity index (χ4n) is 5.11. The maximum atomic E-state index is 13.1. The summed E-state index contributed by atoms with van der Waals surface area (Å²) in [4.78, 5) is 37.0. The van der Waals surface area contributed by atoms with Gasteiger partial charge in [-0.25, -0.2) is 9.59 Å². The van der Waals surface area contributed by atoms with Crippen LogP contribution in [0.5, 0.6) is 0 Å². The number of benzene rings is 3. The fraction of sp³-hybridized carbons (Fsp3) is 0.333. The third kappa shape index (κ3) is 8.89. The van der Waals surface area contributed by atoms with Crippen molar-refractivity contribution < 1.29 is 49.0 Å². The highest BCUT2D eigenvalue weighted by atomic mass is 16.7. The minimum Gasteiger partial charge on any atom is -0.479 e. The predicted octanol–water partition coefficient (Wildman–Crippen LogP) is 4.59. The van der Waals surface area contributed by atoms with Gasteiger partial charge in [0.25, 0.3) is 6.29 Å². The molecule has 3 aromatic carbocycles. The van der Waals surface area contributed by atoms with Gasteiger partial charge in [-0.15, -0.1) is 0 Å². The van der Waals surface area contributed by atoms with E-state index in [0.29, 0.717) is 29.8 Å². The number of carbonyl (C=O) groups excluding carboxylic acids is 2. The molecule has 0 spiro atoms. The number of aliphatic hydroxyl groups is 3. The second-order valence-corrected chi connectivity index (χ2v) is 11.3. The molecule has 0 bridgehead atoms. The summed E-state index contributed by atoms with van der Waals surface area (Å²) in [5, 5.41) is 45.3. The Morgan fingerprint density at radius 3 is 2.00 bits per heavy atom. The van der Waals surface area contributed by atoms with Crippen molar-refractivity contribution in [2.45, 2.75) is 70.4 Å². The minimum atomic E-state index is -2.33. The van der Waals surface area contributed by atoms with Crippen LogP contribution in [0.1, 0.15) is 44.7 Å². The number of ether oxygens (including phenoxy) is 3. The Morgan fingerprint density at radius 2 is 1.47 bits per heavy atom. The van der Waals surface area contributed by atoms with E-state index in [2.05, 4.69) is 10.4 Å². The van der Waals surface area contributed by atoms with Crippen molar-refractivity contribution in [1.82, 2.24) is 9.78 Å². The molecule has 260 valence electrons. The number of hydrogen-bond acceptors (Lipinski definition) is 10. The Kier molecular flexibility index (Phi) is 12.3. The van der Waals surface area contributed by atoms with Crippen LogP contribution in [-0.4, -0.2) is 73.0 Å². The smallest absolute Gasteiger partial charge is 0.413 e. The number of carbonyl (C=O) groups is 3. The van der Waals surface area contributed by atoms with E-state index in [1.54, 1.807) is 30.1 Å². The van der Waals surface area contributed by atoms with Crippen LogP contribution < -0.4 is 5.32 Å². The molecule has 4 aromatic rings. The summed E-state index contributed by atoms with van der Waals surface area (Å²) in [5.41, 5.74) is 3.75. The first-order valence-corrected chi connectivity index (χ1v) is 15.8. The quantitative estimate of drug-likeness (QED) is 0.0984. The second kappa shape index (κ2) is 16.3. The molecule has 0 aliphatic heterocycles. The number of carboxylic acids is 1. The number of nitrogens with one attached hydrogen (secondary N) is 1. The zero-order chi connectivity index (χ0) is 35.7. The van der Waals surface area contributed by atoms with Crippen molar-refractivity contribution in [3.8, 4) is 22.3 Å². The van der Waals surface area contributed by atoms with Crippen molar-refractivity contribution >= 4 is 23.8 Å². The SMILES string of the molecule is CC.CC(O)C(OC(OC(=O)C1(c2ccc(-c3ccc(-c4cnn(C)c4NC(=O)OCc4ccccc4)cc3)cc2)CC1)C(O)O)C(=O)O. The number of aliphatic carboxylic acids is 1. The normalized spacial score (nSPS) is 14.9. The summed E-state index contributed by atoms with van der Waals surface area (Å²) >= 11 is 0. The second-order valence-electron chi connectivity index (χ2n) is 11.3. The number of amides is 1. The Hall–Kier alpha value is -5.08. The molecule has 5 rings (SSSR count). The molecule has 1 fully saturated rings. The lowest BCUT2D eigenvalue weighted by atomic mass is 9.93. The minimum absolute atomic E-state index is 0.132. The van der Waals surface area contributed by atoms with E-state index < -0.39 is 48.2 Å². The number of aliphatic hydroxyl groups excluding tert-OH is 2. The van der Waals surface area contributed by atoms with Crippen molar-refractivity contribution in [2.24, 2.45) is 7.05 Å². The van der Waals surface area contributed by atoms with E-state index in [0.717, 1.165) is 29.2 Å². The predicted molar refractivity (Wildman–Crippen MR) is 179 cm³/mol. The van der Waals surface area contributed by atoms with Crippen LogP contribution in [0.25, 0.3) is 22.3 Å². The average Bonchev–Trinajstić information content (AvgIpc) is 3.84. The van der Waals surface area contributed by atoms with Crippen molar-refractivity contribution in [3.63, 3.8) is 0 Å². The summed E-state index contributed by atoms with van der Waals surface area (Å²) in [6.07, 6.45) is -5.74. The van der Waals surface area contributed by atoms with Crippen molar-refractivity contribution in [2.75, 3.05) is 5.32 Å². The zero-order valence-corrected chi connectivity index (χ0v) is 27.6. The molecule has 0 radical (unpaired) electrons. The molecular formula is C36H41N3O10. The first-order chi connectivity index (χ1) is 23.5. The van der Waals surface area contributed by atoms with E-state index in [4.69, 9.17) is 14.2 Å². The van der Waals surface area contributed by atoms with Gasteiger partial charge in [-0.1, -0.05) is 92.7 Å². The number of aromatic nitrogens is 2. The lowest BCUT2D eigenvalue weighted by Gasteiger charge is -2.26. The van der Waals surface area contributed by atoms with Gasteiger partial charge < -0.3 is 34.6 Å². The summed E-state index contributed by atoms with van der Waals surface area (Å²) in [7, 11) is 1.72. The molecule has 13 nitrogen and oxygen atoms in total. The molecular weight excluding hydrogens is 634 g/mol. The highest BCUT2D eigenvalue weighted by Gasteiger charge is 2.54. The molecule has 1 aromatic heterocycles. The number of anilines is 1. The highest BCUT2D eigenvalue weighted by molar-refractivity contribution is 5.90. The summed E-state index contributed by atoms with van der Waals surface area (Å²) in [5.74, 6) is -1.87. The maximum Gasteiger partial charge on any atom is 0.413 e. The molecule has 13 heteroatoms. The molecule has 1 aliphatic carbocycles. The largest absolute Gasteiger partial charge is 0.479 e.